The summed E-state index contributed by atoms with van der Waals surface area (Å²) >= 11 is 6.87. The molecule has 0 unspecified atom stereocenters. The van der Waals surface area contributed by atoms with Crippen LogP contribution >= 0.6 is 23.4 Å². The number of hydrogen-bond donors (Lipinski definition) is 0. The van der Waals surface area contributed by atoms with Crippen LogP contribution in [0.15, 0.2) is 29.2 Å². The van der Waals surface area contributed by atoms with Gasteiger partial charge in [-0.05, 0) is 30.7 Å². The van der Waals surface area contributed by atoms with Crippen molar-refractivity contribution < 1.29 is 4.79 Å². The van der Waals surface area contributed by atoms with Gasteiger partial charge in [0, 0.05) is 17.1 Å². The predicted molar refractivity (Wildman–Crippen MR) is 57.4 cm³/mol. The third-order valence-corrected chi connectivity index (χ3v) is 2.79. The number of aryl methyl sites for hydroxylation is 1. The smallest absolute Gasteiger partial charge is 0.222 e. The molecule has 1 nitrogen and oxygen atoms in total. The number of thioether (sulfide) groups is 1. The van der Waals surface area contributed by atoms with Crippen molar-refractivity contribution in [3.05, 3.63) is 29.8 Å². The monoisotopic (exact) mass is 214 g/mol. The molecule has 13 heavy (non-hydrogen) atoms. The Morgan fingerprint density at radius 1 is 1.38 bits per heavy atom. The van der Waals surface area contributed by atoms with Crippen molar-refractivity contribution in [2.24, 2.45) is 0 Å². The quantitative estimate of drug-likeness (QED) is 0.566. The van der Waals surface area contributed by atoms with Crippen LogP contribution in [0.4, 0.5) is 0 Å². The van der Waals surface area contributed by atoms with Gasteiger partial charge in [-0.1, -0.05) is 17.7 Å². The van der Waals surface area contributed by atoms with Crippen LogP contribution in [0, 0.1) is 6.92 Å². The predicted octanol–water partition coefficient (Wildman–Crippen LogP) is 3.24. The molecule has 0 saturated carbocycles. The third kappa shape index (κ3) is 4.34. The average molecular weight is 215 g/mol. The molecule has 0 aliphatic heterocycles. The van der Waals surface area contributed by atoms with E-state index < -0.39 is 0 Å². The minimum atomic E-state index is -0.264. The molecule has 70 valence electrons. The lowest BCUT2D eigenvalue weighted by Gasteiger charge is -1.99. The number of hydrogen-bond acceptors (Lipinski definition) is 2. The molecule has 1 aromatic carbocycles. The highest BCUT2D eigenvalue weighted by Gasteiger charge is 1.97. The first kappa shape index (κ1) is 10.6. The number of carbonyl (C=O) groups is 1. The Hall–Kier alpha value is -0.470. The molecule has 0 aliphatic carbocycles. The Balaban J connectivity index is 2.37. The fraction of sp³-hybridized carbons (Fsp3) is 0.300. The van der Waals surface area contributed by atoms with Crippen molar-refractivity contribution in [3.8, 4) is 0 Å². The lowest BCUT2D eigenvalue weighted by Crippen LogP contribution is -1.88. The molecule has 1 aromatic rings. The molecule has 0 heterocycles. The second kappa shape index (κ2) is 5.30. The largest absolute Gasteiger partial charge is 0.281 e. The van der Waals surface area contributed by atoms with Crippen LogP contribution in [0.3, 0.4) is 0 Å². The Morgan fingerprint density at radius 3 is 2.54 bits per heavy atom. The van der Waals surface area contributed by atoms with Crippen LogP contribution in [0.25, 0.3) is 0 Å². The lowest BCUT2D eigenvalue weighted by molar-refractivity contribution is -0.111. The Kier molecular flexibility index (Phi) is 4.33. The lowest BCUT2D eigenvalue weighted by atomic mass is 10.2. The zero-order valence-electron chi connectivity index (χ0n) is 7.42. The van der Waals surface area contributed by atoms with Gasteiger partial charge in [0.2, 0.25) is 5.24 Å². The van der Waals surface area contributed by atoms with Crippen LogP contribution < -0.4 is 0 Å². The molecule has 0 spiro atoms. The van der Waals surface area contributed by atoms with Gasteiger partial charge in [-0.2, -0.15) is 0 Å². The maximum Gasteiger partial charge on any atom is 0.222 e. The van der Waals surface area contributed by atoms with E-state index in [1.807, 2.05) is 0 Å². The maximum atomic E-state index is 10.4. The van der Waals surface area contributed by atoms with E-state index in [-0.39, 0.29) is 5.24 Å². The Morgan fingerprint density at radius 2 is 2.00 bits per heavy atom. The SMILES string of the molecule is Cc1ccc(SCCC(=O)Cl)cc1. The maximum absolute atomic E-state index is 10.4. The van der Waals surface area contributed by atoms with Gasteiger partial charge in [0.25, 0.3) is 0 Å². The molecular formula is C10H11ClOS. The van der Waals surface area contributed by atoms with Gasteiger partial charge < -0.3 is 0 Å². The summed E-state index contributed by atoms with van der Waals surface area (Å²) in [5, 5.41) is -0.264. The van der Waals surface area contributed by atoms with Crippen LogP contribution in [0.1, 0.15) is 12.0 Å². The van der Waals surface area contributed by atoms with Crippen molar-refractivity contribution in [1.82, 2.24) is 0 Å². The van der Waals surface area contributed by atoms with E-state index in [9.17, 15) is 4.79 Å². The fourth-order valence-electron chi connectivity index (χ4n) is 0.884. The molecule has 3 heteroatoms. The first-order valence-electron chi connectivity index (χ1n) is 4.06. The molecule has 0 atom stereocenters. The van der Waals surface area contributed by atoms with Crippen molar-refractivity contribution in [3.63, 3.8) is 0 Å². The molecule has 0 N–H and O–H groups in total. The van der Waals surface area contributed by atoms with Gasteiger partial charge in [-0.15, -0.1) is 11.8 Å². The highest BCUT2D eigenvalue weighted by Crippen LogP contribution is 2.19. The zero-order valence-corrected chi connectivity index (χ0v) is 8.99. The second-order valence-electron chi connectivity index (χ2n) is 2.77. The van der Waals surface area contributed by atoms with Gasteiger partial charge in [-0.3, -0.25) is 4.79 Å². The molecule has 0 fully saturated rings. The van der Waals surface area contributed by atoms with Crippen molar-refractivity contribution in [1.29, 1.82) is 0 Å². The molecule has 0 saturated heterocycles. The standard InChI is InChI=1S/C10H11ClOS/c1-8-2-4-9(5-3-8)13-7-6-10(11)12/h2-5H,6-7H2,1H3. The van der Waals surface area contributed by atoms with Gasteiger partial charge in [0.1, 0.15) is 0 Å². The minimum Gasteiger partial charge on any atom is -0.281 e. The van der Waals surface area contributed by atoms with E-state index in [1.54, 1.807) is 11.8 Å². The number of benzene rings is 1. The Bertz CT molecular complexity index is 281. The summed E-state index contributed by atoms with van der Waals surface area (Å²) in [5.74, 6) is 0.755. The number of rotatable bonds is 4. The van der Waals surface area contributed by atoms with Gasteiger partial charge in [-0.25, -0.2) is 0 Å². The molecule has 0 radical (unpaired) electrons. The molecule has 0 bridgehead atoms. The summed E-state index contributed by atoms with van der Waals surface area (Å²) < 4.78 is 0. The first-order valence-corrected chi connectivity index (χ1v) is 5.42. The van der Waals surface area contributed by atoms with E-state index in [0.717, 1.165) is 5.75 Å². The van der Waals surface area contributed by atoms with Crippen molar-refractivity contribution in [2.75, 3.05) is 5.75 Å². The fourth-order valence-corrected chi connectivity index (χ4v) is 1.94. The normalized spacial score (nSPS) is 10.0. The van der Waals surface area contributed by atoms with Crippen molar-refractivity contribution in [2.45, 2.75) is 18.2 Å². The van der Waals surface area contributed by atoms with Gasteiger partial charge >= 0.3 is 0 Å². The Labute approximate surface area is 87.5 Å². The third-order valence-electron chi connectivity index (χ3n) is 1.59. The molecule has 0 aliphatic rings. The first-order chi connectivity index (χ1) is 6.18. The molecule has 0 amide bonds. The van der Waals surface area contributed by atoms with E-state index >= 15 is 0 Å². The van der Waals surface area contributed by atoms with Gasteiger partial charge in [0.05, 0.1) is 0 Å². The summed E-state index contributed by atoms with van der Waals surface area (Å²) in [6.07, 6.45) is 0.431. The highest BCUT2D eigenvalue weighted by atomic mass is 35.5. The van der Waals surface area contributed by atoms with E-state index in [4.69, 9.17) is 11.6 Å². The van der Waals surface area contributed by atoms with Crippen LogP contribution in [0.2, 0.25) is 0 Å². The number of halogens is 1. The zero-order chi connectivity index (χ0) is 9.68. The van der Waals surface area contributed by atoms with Gasteiger partial charge in [0.15, 0.2) is 0 Å². The van der Waals surface area contributed by atoms with Crippen LogP contribution in [-0.2, 0) is 4.79 Å². The van der Waals surface area contributed by atoms with Crippen LogP contribution in [-0.4, -0.2) is 11.0 Å². The highest BCUT2D eigenvalue weighted by molar-refractivity contribution is 7.99. The molecular weight excluding hydrogens is 204 g/mol. The van der Waals surface area contributed by atoms with Crippen molar-refractivity contribution >= 4 is 28.6 Å². The second-order valence-corrected chi connectivity index (χ2v) is 4.36. The summed E-state index contributed by atoms with van der Waals surface area (Å²) in [7, 11) is 0. The average Bonchev–Trinajstić information content (AvgIpc) is 2.08. The molecule has 0 aromatic heterocycles. The topological polar surface area (TPSA) is 17.1 Å². The van der Waals surface area contributed by atoms with Crippen LogP contribution in [0.5, 0.6) is 0 Å². The number of carbonyl (C=O) groups excluding carboxylic acids is 1. The summed E-state index contributed by atoms with van der Waals surface area (Å²) in [5.41, 5.74) is 1.25. The summed E-state index contributed by atoms with van der Waals surface area (Å²) in [4.78, 5) is 11.6. The van der Waals surface area contributed by atoms with E-state index in [1.165, 1.54) is 10.5 Å². The van der Waals surface area contributed by atoms with E-state index in [0.29, 0.717) is 6.42 Å². The van der Waals surface area contributed by atoms with E-state index in [2.05, 4.69) is 31.2 Å². The minimum absolute atomic E-state index is 0.264. The molecule has 1 rings (SSSR count). The summed E-state index contributed by atoms with van der Waals surface area (Å²) in [6.45, 7) is 2.05. The summed E-state index contributed by atoms with van der Waals surface area (Å²) in [6, 6.07) is 8.23.